The zero-order valence-electron chi connectivity index (χ0n) is 15.4. The van der Waals surface area contributed by atoms with E-state index in [2.05, 4.69) is 22.0 Å². The summed E-state index contributed by atoms with van der Waals surface area (Å²) in [7, 11) is 1.58. The average Bonchev–Trinajstić information content (AvgIpc) is 3.09. The van der Waals surface area contributed by atoms with Gasteiger partial charge in [-0.25, -0.2) is 9.79 Å². The second-order valence-corrected chi connectivity index (χ2v) is 6.68. The third-order valence-corrected chi connectivity index (χ3v) is 4.88. The zero-order valence-corrected chi connectivity index (χ0v) is 15.4. The Hall–Kier alpha value is -3.08. The number of carbonyl (C=O) groups excluding carboxylic acids is 1. The molecule has 0 bridgehead atoms. The minimum absolute atomic E-state index is 0.272. The van der Waals surface area contributed by atoms with Crippen LogP contribution in [-0.2, 0) is 9.53 Å². The standard InChI is InChI=1S/C22H22N2O3/c1-26-20-8-4-3-7-18(20)21-23-19(22(25)27-21)15-16-9-11-17(12-10-16)24-13-5-2-6-14-24/h3-4,7-12,15H,2,5-6,13-14H2,1H3/b19-15-. The molecule has 2 aliphatic rings. The highest BCUT2D eigenvalue weighted by Gasteiger charge is 2.26. The number of hydrogen-bond acceptors (Lipinski definition) is 5. The van der Waals surface area contributed by atoms with Crippen molar-refractivity contribution in [2.75, 3.05) is 25.1 Å². The summed E-state index contributed by atoms with van der Waals surface area (Å²) in [6, 6.07) is 15.6. The lowest BCUT2D eigenvalue weighted by molar-refractivity contribution is -0.129. The summed E-state index contributed by atoms with van der Waals surface area (Å²) in [4.78, 5) is 19.0. The molecule has 5 nitrogen and oxygen atoms in total. The van der Waals surface area contributed by atoms with Gasteiger partial charge >= 0.3 is 5.97 Å². The predicted octanol–water partition coefficient (Wildman–Crippen LogP) is 4.03. The second kappa shape index (κ2) is 7.66. The number of ether oxygens (including phenoxy) is 2. The maximum Gasteiger partial charge on any atom is 0.363 e. The predicted molar refractivity (Wildman–Crippen MR) is 106 cm³/mol. The van der Waals surface area contributed by atoms with Gasteiger partial charge in [0.05, 0.1) is 12.7 Å². The summed E-state index contributed by atoms with van der Waals surface area (Å²) in [6.45, 7) is 2.22. The molecule has 0 radical (unpaired) electrons. The first-order valence-electron chi connectivity index (χ1n) is 9.25. The van der Waals surface area contributed by atoms with E-state index in [0.29, 0.717) is 17.0 Å². The van der Waals surface area contributed by atoms with E-state index >= 15 is 0 Å². The van der Waals surface area contributed by atoms with Crippen molar-refractivity contribution < 1.29 is 14.3 Å². The number of cyclic esters (lactones) is 1. The molecule has 4 rings (SSSR count). The molecule has 0 unspecified atom stereocenters. The molecule has 5 heteroatoms. The van der Waals surface area contributed by atoms with Crippen molar-refractivity contribution in [3.05, 3.63) is 65.4 Å². The lowest BCUT2D eigenvalue weighted by Gasteiger charge is -2.28. The molecule has 0 atom stereocenters. The largest absolute Gasteiger partial charge is 0.496 e. The topological polar surface area (TPSA) is 51.1 Å². The summed E-state index contributed by atoms with van der Waals surface area (Å²) in [5.74, 6) is 0.445. The van der Waals surface area contributed by atoms with Gasteiger partial charge in [0.1, 0.15) is 5.75 Å². The van der Waals surface area contributed by atoms with Crippen molar-refractivity contribution in [1.82, 2.24) is 0 Å². The van der Waals surface area contributed by atoms with Crippen molar-refractivity contribution >= 4 is 23.6 Å². The van der Waals surface area contributed by atoms with Crippen LogP contribution < -0.4 is 9.64 Å². The monoisotopic (exact) mass is 362 g/mol. The van der Waals surface area contributed by atoms with Crippen LogP contribution in [0.25, 0.3) is 6.08 Å². The van der Waals surface area contributed by atoms with E-state index in [1.165, 1.54) is 24.9 Å². The summed E-state index contributed by atoms with van der Waals surface area (Å²) >= 11 is 0. The van der Waals surface area contributed by atoms with Crippen molar-refractivity contribution in [3.8, 4) is 5.75 Å². The fourth-order valence-corrected chi connectivity index (χ4v) is 3.44. The fraction of sp³-hybridized carbons (Fsp3) is 0.273. The molecule has 0 saturated carbocycles. The molecule has 2 aromatic carbocycles. The lowest BCUT2D eigenvalue weighted by atomic mass is 10.1. The Bertz CT molecular complexity index is 894. The van der Waals surface area contributed by atoms with E-state index in [4.69, 9.17) is 9.47 Å². The van der Waals surface area contributed by atoms with Gasteiger partial charge in [0, 0.05) is 18.8 Å². The van der Waals surface area contributed by atoms with Crippen molar-refractivity contribution in [3.63, 3.8) is 0 Å². The highest BCUT2D eigenvalue weighted by atomic mass is 16.6. The van der Waals surface area contributed by atoms with Gasteiger partial charge in [0.25, 0.3) is 0 Å². The number of aliphatic imine (C=N–C) groups is 1. The van der Waals surface area contributed by atoms with Crippen LogP contribution in [-0.4, -0.2) is 32.1 Å². The number of benzene rings is 2. The molecule has 1 saturated heterocycles. The minimum atomic E-state index is -0.448. The van der Waals surface area contributed by atoms with Crippen LogP contribution in [0, 0.1) is 0 Å². The van der Waals surface area contributed by atoms with E-state index in [-0.39, 0.29) is 5.90 Å². The highest BCUT2D eigenvalue weighted by Crippen LogP contribution is 2.26. The van der Waals surface area contributed by atoms with Crippen LogP contribution >= 0.6 is 0 Å². The summed E-state index contributed by atoms with van der Waals surface area (Å²) in [5, 5.41) is 0. The third-order valence-electron chi connectivity index (χ3n) is 4.88. The second-order valence-electron chi connectivity index (χ2n) is 6.68. The Labute approximate surface area is 158 Å². The molecule has 2 aromatic rings. The molecule has 2 aliphatic heterocycles. The first kappa shape index (κ1) is 17.3. The smallest absolute Gasteiger partial charge is 0.363 e. The average molecular weight is 362 g/mol. The molecule has 27 heavy (non-hydrogen) atoms. The molecule has 0 aliphatic carbocycles. The van der Waals surface area contributed by atoms with Gasteiger partial charge in [-0.3, -0.25) is 0 Å². The lowest BCUT2D eigenvalue weighted by Crippen LogP contribution is -2.29. The quantitative estimate of drug-likeness (QED) is 0.609. The molecular weight excluding hydrogens is 340 g/mol. The Morgan fingerprint density at radius 3 is 2.52 bits per heavy atom. The summed E-state index contributed by atoms with van der Waals surface area (Å²) < 4.78 is 10.7. The van der Waals surface area contributed by atoms with Gasteiger partial charge < -0.3 is 14.4 Å². The first-order valence-corrected chi connectivity index (χ1v) is 9.25. The Morgan fingerprint density at radius 2 is 1.78 bits per heavy atom. The third kappa shape index (κ3) is 3.72. The molecule has 1 fully saturated rings. The maximum atomic E-state index is 12.2. The van der Waals surface area contributed by atoms with E-state index < -0.39 is 5.97 Å². The van der Waals surface area contributed by atoms with E-state index in [0.717, 1.165) is 18.7 Å². The molecule has 2 heterocycles. The summed E-state index contributed by atoms with van der Waals surface area (Å²) in [5.41, 5.74) is 3.11. The van der Waals surface area contributed by atoms with Gasteiger partial charge in [-0.2, -0.15) is 0 Å². The van der Waals surface area contributed by atoms with Crippen LogP contribution in [0.4, 0.5) is 5.69 Å². The van der Waals surface area contributed by atoms with Gasteiger partial charge in [-0.15, -0.1) is 0 Å². The van der Waals surface area contributed by atoms with Crippen LogP contribution in [0.3, 0.4) is 0 Å². The molecule has 0 spiro atoms. The number of hydrogen-bond donors (Lipinski definition) is 0. The van der Waals surface area contributed by atoms with E-state index in [9.17, 15) is 4.79 Å². The Morgan fingerprint density at radius 1 is 1.04 bits per heavy atom. The van der Waals surface area contributed by atoms with Crippen molar-refractivity contribution in [1.29, 1.82) is 0 Å². The molecule has 138 valence electrons. The van der Waals surface area contributed by atoms with Gasteiger partial charge in [-0.1, -0.05) is 24.3 Å². The normalized spacial score (nSPS) is 18.4. The number of esters is 1. The summed E-state index contributed by atoms with van der Waals surface area (Å²) in [6.07, 6.45) is 5.57. The number of methoxy groups -OCH3 is 1. The number of nitrogens with zero attached hydrogens (tertiary/aromatic N) is 2. The van der Waals surface area contributed by atoms with Crippen molar-refractivity contribution in [2.45, 2.75) is 19.3 Å². The fourth-order valence-electron chi connectivity index (χ4n) is 3.44. The highest BCUT2D eigenvalue weighted by molar-refractivity contribution is 6.13. The van der Waals surface area contributed by atoms with Gasteiger partial charge in [-0.05, 0) is 55.2 Å². The van der Waals surface area contributed by atoms with Gasteiger partial charge in [0.15, 0.2) is 5.70 Å². The maximum absolute atomic E-state index is 12.2. The first-order chi connectivity index (χ1) is 13.2. The molecule has 0 aromatic heterocycles. The van der Waals surface area contributed by atoms with Crippen LogP contribution in [0.1, 0.15) is 30.4 Å². The number of piperidine rings is 1. The van der Waals surface area contributed by atoms with E-state index in [1.807, 2.05) is 36.4 Å². The van der Waals surface area contributed by atoms with Crippen LogP contribution in [0.15, 0.2) is 59.2 Å². The van der Waals surface area contributed by atoms with Crippen LogP contribution in [0.5, 0.6) is 5.75 Å². The van der Waals surface area contributed by atoms with Crippen molar-refractivity contribution in [2.24, 2.45) is 4.99 Å². The minimum Gasteiger partial charge on any atom is -0.496 e. The number of anilines is 1. The Kier molecular flexibility index (Phi) is 4.92. The van der Waals surface area contributed by atoms with E-state index in [1.54, 1.807) is 13.2 Å². The number of rotatable bonds is 4. The molecule has 0 amide bonds. The molecular formula is C22H22N2O3. The number of para-hydroxylation sites is 1. The number of carbonyl (C=O) groups is 1. The van der Waals surface area contributed by atoms with Crippen LogP contribution in [0.2, 0.25) is 0 Å². The molecule has 0 N–H and O–H groups in total. The SMILES string of the molecule is COc1ccccc1C1=N/C(=C\c2ccc(N3CCCCC3)cc2)C(=O)O1. The van der Waals surface area contributed by atoms with Gasteiger partial charge in [0.2, 0.25) is 5.90 Å². The zero-order chi connectivity index (χ0) is 18.6. The Balaban J connectivity index is 1.56.